The highest BCUT2D eigenvalue weighted by Crippen LogP contribution is 2.26. The highest BCUT2D eigenvalue weighted by Gasteiger charge is 2.31. The first kappa shape index (κ1) is 7.76. The molecule has 1 rings (SSSR count). The largest absolute Gasteiger partial charge is 0.344 e. The highest BCUT2D eigenvalue weighted by atomic mass is 16.7. The third-order valence-corrected chi connectivity index (χ3v) is 1.99. The zero-order valence-corrected chi connectivity index (χ0v) is 6.81. The second-order valence-electron chi connectivity index (χ2n) is 2.61. The maximum Gasteiger partial charge on any atom is 0.187 e. The van der Waals surface area contributed by atoms with E-state index in [1.807, 2.05) is 26.8 Å². The predicted octanol–water partition coefficient (Wildman–Crippen LogP) is 1.72. The topological polar surface area (TPSA) is 18.5 Å². The molecule has 0 bridgehead atoms. The van der Waals surface area contributed by atoms with E-state index in [0.717, 1.165) is 5.57 Å². The summed E-state index contributed by atoms with van der Waals surface area (Å²) in [5.74, 6) is -0.436. The van der Waals surface area contributed by atoms with Gasteiger partial charge >= 0.3 is 0 Å². The second-order valence-corrected chi connectivity index (χ2v) is 2.61. The Morgan fingerprint density at radius 3 is 2.30 bits per heavy atom. The fourth-order valence-corrected chi connectivity index (χ4v) is 1.00. The van der Waals surface area contributed by atoms with Gasteiger partial charge in [0.05, 0.1) is 13.2 Å². The van der Waals surface area contributed by atoms with Gasteiger partial charge in [-0.1, -0.05) is 6.08 Å². The molecular formula is C8H14O2. The fourth-order valence-electron chi connectivity index (χ4n) is 1.00. The van der Waals surface area contributed by atoms with Crippen LogP contribution in [0.25, 0.3) is 0 Å². The van der Waals surface area contributed by atoms with E-state index in [2.05, 4.69) is 0 Å². The van der Waals surface area contributed by atoms with E-state index in [1.165, 1.54) is 0 Å². The quantitative estimate of drug-likeness (QED) is 0.519. The van der Waals surface area contributed by atoms with Crippen molar-refractivity contribution in [3.63, 3.8) is 0 Å². The summed E-state index contributed by atoms with van der Waals surface area (Å²) >= 11 is 0. The van der Waals surface area contributed by atoms with Crippen molar-refractivity contribution in [1.82, 2.24) is 0 Å². The predicted molar refractivity (Wildman–Crippen MR) is 39.7 cm³/mol. The summed E-state index contributed by atoms with van der Waals surface area (Å²) < 4.78 is 10.8. The molecule has 0 N–H and O–H groups in total. The third-order valence-electron chi connectivity index (χ3n) is 1.99. The molecule has 0 amide bonds. The normalized spacial score (nSPS) is 25.3. The third kappa shape index (κ3) is 1.22. The molecule has 1 aliphatic heterocycles. The molecule has 1 saturated heterocycles. The zero-order valence-electron chi connectivity index (χ0n) is 6.81. The van der Waals surface area contributed by atoms with Crippen LogP contribution in [0, 0.1) is 0 Å². The Labute approximate surface area is 61.8 Å². The second kappa shape index (κ2) is 2.72. The first-order valence-corrected chi connectivity index (χ1v) is 3.60. The number of hydrogen-bond donors (Lipinski definition) is 0. The Bertz CT molecular complexity index is 143. The van der Waals surface area contributed by atoms with Crippen LogP contribution < -0.4 is 0 Å². The van der Waals surface area contributed by atoms with Crippen LogP contribution in [0.2, 0.25) is 0 Å². The van der Waals surface area contributed by atoms with Gasteiger partial charge in [-0.15, -0.1) is 0 Å². The highest BCUT2D eigenvalue weighted by molar-refractivity contribution is 5.08. The molecule has 0 spiro atoms. The van der Waals surface area contributed by atoms with Crippen LogP contribution >= 0.6 is 0 Å². The van der Waals surface area contributed by atoms with Crippen molar-refractivity contribution >= 4 is 0 Å². The minimum absolute atomic E-state index is 0.436. The minimum Gasteiger partial charge on any atom is -0.344 e. The SMILES string of the molecule is C/C=C(\C)C1(C)OCCO1. The molecule has 0 atom stereocenters. The van der Waals surface area contributed by atoms with E-state index in [-0.39, 0.29) is 0 Å². The average Bonchev–Trinajstić information content (AvgIpc) is 2.36. The Morgan fingerprint density at radius 1 is 1.40 bits per heavy atom. The number of rotatable bonds is 1. The molecule has 0 aromatic rings. The molecule has 0 unspecified atom stereocenters. The van der Waals surface area contributed by atoms with Gasteiger partial charge in [0, 0.05) is 0 Å². The van der Waals surface area contributed by atoms with Gasteiger partial charge in [0.25, 0.3) is 0 Å². The maximum absolute atomic E-state index is 5.40. The van der Waals surface area contributed by atoms with Crippen molar-refractivity contribution in [2.75, 3.05) is 13.2 Å². The lowest BCUT2D eigenvalue weighted by atomic mass is 10.1. The van der Waals surface area contributed by atoms with Crippen molar-refractivity contribution in [2.45, 2.75) is 26.6 Å². The molecule has 1 fully saturated rings. The van der Waals surface area contributed by atoms with Gasteiger partial charge in [-0.3, -0.25) is 0 Å². The lowest BCUT2D eigenvalue weighted by Gasteiger charge is -2.22. The van der Waals surface area contributed by atoms with Crippen LogP contribution in [0.15, 0.2) is 11.6 Å². The molecule has 0 aromatic heterocycles. The molecule has 0 radical (unpaired) electrons. The Hall–Kier alpha value is -0.340. The standard InChI is InChI=1S/C8H14O2/c1-4-7(2)8(3)9-5-6-10-8/h4H,5-6H2,1-3H3/b7-4+. The fraction of sp³-hybridized carbons (Fsp3) is 0.750. The van der Waals surface area contributed by atoms with Gasteiger partial charge in [-0.2, -0.15) is 0 Å². The number of ether oxygens (including phenoxy) is 2. The summed E-state index contributed by atoms with van der Waals surface area (Å²) in [6, 6.07) is 0. The van der Waals surface area contributed by atoms with Gasteiger partial charge in [-0.25, -0.2) is 0 Å². The molecule has 58 valence electrons. The summed E-state index contributed by atoms with van der Waals surface area (Å²) in [5.41, 5.74) is 1.14. The first-order valence-electron chi connectivity index (χ1n) is 3.60. The van der Waals surface area contributed by atoms with Crippen molar-refractivity contribution in [3.8, 4) is 0 Å². The minimum atomic E-state index is -0.436. The van der Waals surface area contributed by atoms with E-state index in [4.69, 9.17) is 9.47 Å². The van der Waals surface area contributed by atoms with Crippen molar-refractivity contribution < 1.29 is 9.47 Å². The molecule has 0 aromatic carbocycles. The average molecular weight is 142 g/mol. The van der Waals surface area contributed by atoms with Crippen LogP contribution in [0.1, 0.15) is 20.8 Å². The summed E-state index contributed by atoms with van der Waals surface area (Å²) in [7, 11) is 0. The number of hydrogen-bond acceptors (Lipinski definition) is 2. The van der Waals surface area contributed by atoms with Crippen LogP contribution in [-0.4, -0.2) is 19.0 Å². The van der Waals surface area contributed by atoms with Gasteiger partial charge in [0.15, 0.2) is 5.79 Å². The molecule has 0 saturated carbocycles. The van der Waals surface area contributed by atoms with Crippen molar-refractivity contribution in [1.29, 1.82) is 0 Å². The summed E-state index contributed by atoms with van der Waals surface area (Å²) in [5, 5.41) is 0. The molecule has 1 heterocycles. The van der Waals surface area contributed by atoms with Crippen LogP contribution in [0.5, 0.6) is 0 Å². The molecule has 10 heavy (non-hydrogen) atoms. The van der Waals surface area contributed by atoms with E-state index in [1.54, 1.807) is 0 Å². The van der Waals surface area contributed by atoms with Crippen molar-refractivity contribution in [3.05, 3.63) is 11.6 Å². The smallest absolute Gasteiger partial charge is 0.187 e. The van der Waals surface area contributed by atoms with E-state index in [9.17, 15) is 0 Å². The Kier molecular flexibility index (Phi) is 2.11. The van der Waals surface area contributed by atoms with Crippen molar-refractivity contribution in [2.24, 2.45) is 0 Å². The molecule has 1 aliphatic rings. The van der Waals surface area contributed by atoms with Gasteiger partial charge in [-0.05, 0) is 26.3 Å². The van der Waals surface area contributed by atoms with E-state index >= 15 is 0 Å². The van der Waals surface area contributed by atoms with E-state index in [0.29, 0.717) is 13.2 Å². The van der Waals surface area contributed by atoms with Crippen LogP contribution in [0.4, 0.5) is 0 Å². The Morgan fingerprint density at radius 2 is 1.90 bits per heavy atom. The van der Waals surface area contributed by atoms with Gasteiger partial charge in [0.2, 0.25) is 0 Å². The first-order chi connectivity index (χ1) is 4.69. The number of allylic oxidation sites excluding steroid dienone is 1. The summed E-state index contributed by atoms with van der Waals surface area (Å²) in [6.45, 7) is 7.38. The van der Waals surface area contributed by atoms with Crippen LogP contribution in [-0.2, 0) is 9.47 Å². The zero-order chi connectivity index (χ0) is 7.61. The Balaban J connectivity index is 2.67. The lowest BCUT2D eigenvalue weighted by Crippen LogP contribution is -2.26. The summed E-state index contributed by atoms with van der Waals surface area (Å²) in [6.07, 6.45) is 2.02. The molecule has 2 nitrogen and oxygen atoms in total. The van der Waals surface area contributed by atoms with Gasteiger partial charge in [0.1, 0.15) is 0 Å². The monoisotopic (exact) mass is 142 g/mol. The maximum atomic E-state index is 5.40. The van der Waals surface area contributed by atoms with Gasteiger partial charge < -0.3 is 9.47 Å². The molecular weight excluding hydrogens is 128 g/mol. The summed E-state index contributed by atoms with van der Waals surface area (Å²) in [4.78, 5) is 0. The lowest BCUT2D eigenvalue weighted by molar-refractivity contribution is -0.109. The molecule has 0 aliphatic carbocycles. The van der Waals surface area contributed by atoms with E-state index < -0.39 is 5.79 Å². The molecule has 2 heteroatoms. The van der Waals surface area contributed by atoms with Crippen LogP contribution in [0.3, 0.4) is 0 Å².